The number of piperidine rings is 1. The van der Waals surface area contributed by atoms with Crippen molar-refractivity contribution < 1.29 is 9.53 Å². The Labute approximate surface area is 133 Å². The van der Waals surface area contributed by atoms with Gasteiger partial charge in [-0.1, -0.05) is 24.6 Å². The lowest BCUT2D eigenvalue weighted by atomic mass is 10.0. The first-order chi connectivity index (χ1) is 10.6. The van der Waals surface area contributed by atoms with Gasteiger partial charge in [0.15, 0.2) is 6.10 Å². The van der Waals surface area contributed by atoms with E-state index in [1.807, 2.05) is 31.2 Å². The van der Waals surface area contributed by atoms with Crippen LogP contribution in [0.15, 0.2) is 24.3 Å². The van der Waals surface area contributed by atoms with Crippen molar-refractivity contribution in [3.8, 4) is 5.75 Å². The fourth-order valence-corrected chi connectivity index (χ4v) is 2.81. The Hall–Kier alpha value is -1.55. The van der Waals surface area contributed by atoms with Crippen molar-refractivity contribution >= 4 is 5.91 Å². The molecule has 1 atom stereocenters. The van der Waals surface area contributed by atoms with Gasteiger partial charge in [-0.2, -0.15) is 0 Å². The minimum absolute atomic E-state index is 0.0190. The zero-order valence-corrected chi connectivity index (χ0v) is 14.0. The number of carbonyl (C=O) groups is 1. The first kappa shape index (κ1) is 16.8. The summed E-state index contributed by atoms with van der Waals surface area (Å²) in [7, 11) is 0. The van der Waals surface area contributed by atoms with Crippen LogP contribution in [0.3, 0.4) is 0 Å². The van der Waals surface area contributed by atoms with Gasteiger partial charge in [-0.15, -0.1) is 0 Å². The summed E-state index contributed by atoms with van der Waals surface area (Å²) in [6.45, 7) is 9.36. The Morgan fingerprint density at radius 2 is 1.95 bits per heavy atom. The van der Waals surface area contributed by atoms with Crippen LogP contribution in [0.1, 0.15) is 38.7 Å². The molecule has 0 unspecified atom stereocenters. The number of rotatable bonds is 6. The van der Waals surface area contributed by atoms with E-state index in [-0.39, 0.29) is 11.9 Å². The van der Waals surface area contributed by atoms with Gasteiger partial charge in [-0.05, 0) is 51.8 Å². The summed E-state index contributed by atoms with van der Waals surface area (Å²) < 4.78 is 5.71. The maximum absolute atomic E-state index is 12.2. The van der Waals surface area contributed by atoms with Gasteiger partial charge in [-0.3, -0.25) is 4.79 Å². The number of aryl methyl sites for hydroxylation is 1. The smallest absolute Gasteiger partial charge is 0.260 e. The van der Waals surface area contributed by atoms with Gasteiger partial charge in [0.05, 0.1) is 0 Å². The molecule has 1 aliphatic rings. The highest BCUT2D eigenvalue weighted by molar-refractivity contribution is 5.81. The summed E-state index contributed by atoms with van der Waals surface area (Å²) in [5, 5.41) is 3.12. The molecule has 2 rings (SSSR count). The number of benzene rings is 1. The molecule has 0 bridgehead atoms. The lowest BCUT2D eigenvalue weighted by Gasteiger charge is -2.32. The molecule has 4 nitrogen and oxygen atoms in total. The second kappa shape index (κ2) is 8.18. The van der Waals surface area contributed by atoms with E-state index in [4.69, 9.17) is 4.74 Å². The molecule has 4 heteroatoms. The molecule has 1 aromatic carbocycles. The van der Waals surface area contributed by atoms with Crippen molar-refractivity contribution in [1.29, 1.82) is 0 Å². The van der Waals surface area contributed by atoms with Crippen molar-refractivity contribution in [3.63, 3.8) is 0 Å². The number of ether oxygens (including phenoxy) is 1. The number of carbonyl (C=O) groups excluding carboxylic acids is 1. The minimum Gasteiger partial charge on any atom is -0.481 e. The van der Waals surface area contributed by atoms with Crippen LogP contribution in [0.2, 0.25) is 0 Å². The maximum atomic E-state index is 12.2. The Bertz CT molecular complexity index is 464. The highest BCUT2D eigenvalue weighted by atomic mass is 16.5. The molecule has 0 radical (unpaired) electrons. The largest absolute Gasteiger partial charge is 0.481 e. The average Bonchev–Trinajstić information content (AvgIpc) is 2.51. The van der Waals surface area contributed by atoms with Crippen molar-refractivity contribution in [2.45, 2.75) is 52.2 Å². The molecule has 1 amide bonds. The Morgan fingerprint density at radius 1 is 1.32 bits per heavy atom. The molecule has 122 valence electrons. The first-order valence-electron chi connectivity index (χ1n) is 8.34. The number of nitrogens with one attached hydrogen (secondary N) is 1. The van der Waals surface area contributed by atoms with Gasteiger partial charge in [0, 0.05) is 19.1 Å². The SMILES string of the molecule is CCCN1CCC(NC(=O)[C@H](C)Oc2ccc(C)cc2)CC1. The number of nitrogens with zero attached hydrogens (tertiary/aromatic N) is 1. The second-order valence-electron chi connectivity index (χ2n) is 6.20. The molecule has 1 saturated heterocycles. The summed E-state index contributed by atoms with van der Waals surface area (Å²) in [6, 6.07) is 8.07. The Kier molecular flexibility index (Phi) is 6.25. The van der Waals surface area contributed by atoms with Gasteiger partial charge in [0.1, 0.15) is 5.75 Å². The molecular weight excluding hydrogens is 276 g/mol. The van der Waals surface area contributed by atoms with Gasteiger partial charge in [0.25, 0.3) is 5.91 Å². The summed E-state index contributed by atoms with van der Waals surface area (Å²) in [5.74, 6) is 0.723. The molecule has 1 aliphatic heterocycles. The van der Waals surface area contributed by atoms with E-state index in [0.717, 1.165) is 38.2 Å². The average molecular weight is 304 g/mol. The van der Waals surface area contributed by atoms with Crippen LogP contribution >= 0.6 is 0 Å². The van der Waals surface area contributed by atoms with E-state index in [0.29, 0.717) is 0 Å². The van der Waals surface area contributed by atoms with E-state index >= 15 is 0 Å². The van der Waals surface area contributed by atoms with E-state index in [9.17, 15) is 4.79 Å². The highest BCUT2D eigenvalue weighted by Crippen LogP contribution is 2.14. The van der Waals surface area contributed by atoms with Crippen LogP contribution in [0, 0.1) is 6.92 Å². The predicted octanol–water partition coefficient (Wildman–Crippen LogP) is 2.75. The van der Waals surface area contributed by atoms with Crippen molar-refractivity contribution in [1.82, 2.24) is 10.2 Å². The van der Waals surface area contributed by atoms with Gasteiger partial charge < -0.3 is 15.0 Å². The van der Waals surface area contributed by atoms with Crippen LogP contribution in [0.5, 0.6) is 5.75 Å². The standard InChI is InChI=1S/C18H28N2O2/c1-4-11-20-12-9-16(10-13-20)19-18(21)15(3)22-17-7-5-14(2)6-8-17/h5-8,15-16H,4,9-13H2,1-3H3,(H,19,21)/t15-/m0/s1. The zero-order valence-electron chi connectivity index (χ0n) is 14.0. The number of hydrogen-bond donors (Lipinski definition) is 1. The zero-order chi connectivity index (χ0) is 15.9. The number of amides is 1. The molecule has 1 heterocycles. The van der Waals surface area contributed by atoms with Gasteiger partial charge in [-0.25, -0.2) is 0 Å². The van der Waals surface area contributed by atoms with Crippen molar-refractivity contribution in [2.24, 2.45) is 0 Å². The molecule has 0 saturated carbocycles. The molecule has 1 fully saturated rings. The third kappa shape index (κ3) is 5.02. The predicted molar refractivity (Wildman–Crippen MR) is 89.2 cm³/mol. The summed E-state index contributed by atoms with van der Waals surface area (Å²) in [4.78, 5) is 14.7. The van der Waals surface area contributed by atoms with Crippen LogP contribution in [0.4, 0.5) is 0 Å². The molecule has 0 aliphatic carbocycles. The fraction of sp³-hybridized carbons (Fsp3) is 0.611. The van der Waals surface area contributed by atoms with Crippen LogP contribution in [-0.2, 0) is 4.79 Å². The number of hydrogen-bond acceptors (Lipinski definition) is 3. The quantitative estimate of drug-likeness (QED) is 0.878. The lowest BCUT2D eigenvalue weighted by molar-refractivity contribution is -0.128. The Balaban J connectivity index is 1.76. The van der Waals surface area contributed by atoms with Crippen LogP contribution in [-0.4, -0.2) is 42.6 Å². The van der Waals surface area contributed by atoms with Crippen molar-refractivity contribution in [3.05, 3.63) is 29.8 Å². The fourth-order valence-electron chi connectivity index (χ4n) is 2.81. The normalized spacial score (nSPS) is 18.0. The number of likely N-dealkylation sites (tertiary alicyclic amines) is 1. The van der Waals surface area contributed by atoms with E-state index in [2.05, 4.69) is 17.1 Å². The summed E-state index contributed by atoms with van der Waals surface area (Å²) in [6.07, 6.45) is 2.79. The maximum Gasteiger partial charge on any atom is 0.260 e. The summed E-state index contributed by atoms with van der Waals surface area (Å²) in [5.41, 5.74) is 1.18. The Morgan fingerprint density at radius 3 is 2.55 bits per heavy atom. The molecular formula is C18H28N2O2. The first-order valence-corrected chi connectivity index (χ1v) is 8.34. The molecule has 1 aromatic rings. The lowest BCUT2D eigenvalue weighted by Crippen LogP contribution is -2.48. The minimum atomic E-state index is -0.462. The van der Waals surface area contributed by atoms with Crippen molar-refractivity contribution in [2.75, 3.05) is 19.6 Å². The van der Waals surface area contributed by atoms with Gasteiger partial charge >= 0.3 is 0 Å². The molecule has 0 spiro atoms. The van der Waals surface area contributed by atoms with Crippen LogP contribution in [0.25, 0.3) is 0 Å². The summed E-state index contributed by atoms with van der Waals surface area (Å²) >= 11 is 0. The van der Waals surface area contributed by atoms with Gasteiger partial charge in [0.2, 0.25) is 0 Å². The van der Waals surface area contributed by atoms with E-state index in [1.54, 1.807) is 6.92 Å². The molecule has 22 heavy (non-hydrogen) atoms. The topological polar surface area (TPSA) is 41.6 Å². The molecule has 1 N–H and O–H groups in total. The highest BCUT2D eigenvalue weighted by Gasteiger charge is 2.23. The monoisotopic (exact) mass is 304 g/mol. The van der Waals surface area contributed by atoms with E-state index in [1.165, 1.54) is 12.0 Å². The molecule has 0 aromatic heterocycles. The third-order valence-corrected chi connectivity index (χ3v) is 4.18. The van der Waals surface area contributed by atoms with Crippen LogP contribution < -0.4 is 10.1 Å². The second-order valence-corrected chi connectivity index (χ2v) is 6.20. The van der Waals surface area contributed by atoms with E-state index < -0.39 is 6.10 Å². The third-order valence-electron chi connectivity index (χ3n) is 4.18.